The number of halogens is 1. The smallest absolute Gasteiger partial charge is 0.254 e. The molecule has 2 heterocycles. The second-order valence-electron chi connectivity index (χ2n) is 8.95. The summed E-state index contributed by atoms with van der Waals surface area (Å²) in [6.45, 7) is 2.99. The van der Waals surface area contributed by atoms with Crippen LogP contribution in [0.4, 0.5) is 4.39 Å². The molecule has 5 rings (SSSR count). The number of fused-ring (bicyclic) bond motifs is 1. The number of aryl methyl sites for hydroxylation is 1. The molecule has 7 heteroatoms. The number of thiophene rings is 1. The van der Waals surface area contributed by atoms with Crippen LogP contribution in [0, 0.1) is 12.7 Å². The molecule has 2 amide bonds. The molecule has 1 saturated carbocycles. The van der Waals surface area contributed by atoms with Crippen LogP contribution in [0.25, 0.3) is 0 Å². The van der Waals surface area contributed by atoms with Gasteiger partial charge in [-0.25, -0.2) is 4.39 Å². The lowest BCUT2D eigenvalue weighted by Gasteiger charge is -2.37. The Bertz CT molecular complexity index is 1170. The Balaban J connectivity index is 1.33. The molecule has 0 bridgehead atoms. The van der Waals surface area contributed by atoms with Gasteiger partial charge in [0.1, 0.15) is 24.7 Å². The molecule has 1 unspecified atom stereocenters. The van der Waals surface area contributed by atoms with Gasteiger partial charge in [0.25, 0.3) is 5.91 Å². The van der Waals surface area contributed by atoms with Crippen molar-refractivity contribution in [2.45, 2.75) is 38.3 Å². The molecule has 1 atom stereocenters. The largest absolute Gasteiger partial charge is 0.491 e. The van der Waals surface area contributed by atoms with Gasteiger partial charge in [-0.3, -0.25) is 9.59 Å². The monoisotopic (exact) mass is 478 g/mol. The van der Waals surface area contributed by atoms with E-state index in [1.807, 2.05) is 36.1 Å². The summed E-state index contributed by atoms with van der Waals surface area (Å²) in [5.41, 5.74) is 2.69. The number of hydrogen-bond donors (Lipinski definition) is 0. The molecule has 0 saturated heterocycles. The first-order chi connectivity index (χ1) is 16.5. The third kappa shape index (κ3) is 4.85. The van der Waals surface area contributed by atoms with E-state index in [-0.39, 0.29) is 36.3 Å². The van der Waals surface area contributed by atoms with Crippen molar-refractivity contribution in [2.24, 2.45) is 0 Å². The van der Waals surface area contributed by atoms with Gasteiger partial charge in [0.2, 0.25) is 5.91 Å². The topological polar surface area (TPSA) is 49.9 Å². The highest BCUT2D eigenvalue weighted by Crippen LogP contribution is 2.35. The molecule has 1 aromatic heterocycles. The average Bonchev–Trinajstić information content (AvgIpc) is 3.57. The van der Waals surface area contributed by atoms with Crippen LogP contribution in [-0.4, -0.2) is 47.4 Å². The summed E-state index contributed by atoms with van der Waals surface area (Å²) in [6, 6.07) is 15.3. The number of hydrogen-bond acceptors (Lipinski definition) is 4. The highest BCUT2D eigenvalue weighted by atomic mass is 32.1. The number of rotatable bonds is 7. The standard InChI is InChI=1S/C27H27FN2O3S/c1-18-2-10-22(11-3-18)33-17-24-23-13-15-34-25(23)12-14-29(24)26(31)16-30(21-8-9-21)27(32)19-4-6-20(28)7-5-19/h2-7,10-11,13,15,21,24H,8-9,12,14,16-17H2,1H3. The van der Waals surface area contributed by atoms with Gasteiger partial charge in [0.05, 0.1) is 6.04 Å². The van der Waals surface area contributed by atoms with Crippen LogP contribution in [-0.2, 0) is 11.2 Å². The quantitative estimate of drug-likeness (QED) is 0.480. The molecule has 34 heavy (non-hydrogen) atoms. The lowest BCUT2D eigenvalue weighted by Crippen LogP contribution is -2.48. The SMILES string of the molecule is Cc1ccc(OCC2c3ccsc3CCN2C(=O)CN(C(=O)c2ccc(F)cc2)C2CC2)cc1. The number of benzene rings is 2. The summed E-state index contributed by atoms with van der Waals surface area (Å²) in [6.07, 6.45) is 2.57. The van der Waals surface area contributed by atoms with Gasteiger partial charge in [0.15, 0.2) is 0 Å². The fourth-order valence-electron chi connectivity index (χ4n) is 4.43. The van der Waals surface area contributed by atoms with Crippen molar-refractivity contribution in [1.29, 1.82) is 0 Å². The second kappa shape index (κ2) is 9.58. The average molecular weight is 479 g/mol. The fourth-order valence-corrected chi connectivity index (χ4v) is 5.36. The minimum Gasteiger partial charge on any atom is -0.491 e. The minimum absolute atomic E-state index is 0.0153. The maximum absolute atomic E-state index is 13.5. The van der Waals surface area contributed by atoms with Gasteiger partial charge in [-0.05, 0) is 79.6 Å². The Kier molecular flexibility index (Phi) is 6.37. The molecule has 0 N–H and O–H groups in total. The molecule has 3 aromatic rings. The van der Waals surface area contributed by atoms with Crippen molar-refractivity contribution in [3.63, 3.8) is 0 Å². The third-order valence-corrected chi connectivity index (χ3v) is 7.49. The Morgan fingerprint density at radius 1 is 1.09 bits per heavy atom. The number of carbonyl (C=O) groups excluding carboxylic acids is 2. The van der Waals surface area contributed by atoms with Gasteiger partial charge >= 0.3 is 0 Å². The van der Waals surface area contributed by atoms with E-state index in [1.54, 1.807) is 16.2 Å². The zero-order valence-electron chi connectivity index (χ0n) is 19.1. The van der Waals surface area contributed by atoms with E-state index in [0.717, 1.165) is 36.1 Å². The molecule has 1 aliphatic heterocycles. The van der Waals surface area contributed by atoms with E-state index in [0.29, 0.717) is 18.7 Å². The Morgan fingerprint density at radius 3 is 2.53 bits per heavy atom. The molecule has 0 radical (unpaired) electrons. The molecule has 2 aliphatic rings. The number of ether oxygens (including phenoxy) is 1. The van der Waals surface area contributed by atoms with Crippen LogP contribution in [0.1, 0.15) is 45.2 Å². The van der Waals surface area contributed by atoms with Crippen molar-refractivity contribution >= 4 is 23.2 Å². The van der Waals surface area contributed by atoms with Crippen molar-refractivity contribution in [3.05, 3.63) is 87.4 Å². The summed E-state index contributed by atoms with van der Waals surface area (Å²) >= 11 is 1.71. The molecule has 1 aliphatic carbocycles. The second-order valence-corrected chi connectivity index (χ2v) is 9.95. The van der Waals surface area contributed by atoms with E-state index in [9.17, 15) is 14.0 Å². The fraction of sp³-hybridized carbons (Fsp3) is 0.333. The predicted molar refractivity (Wildman–Crippen MR) is 130 cm³/mol. The molecule has 2 aromatic carbocycles. The van der Waals surface area contributed by atoms with Gasteiger partial charge in [-0.2, -0.15) is 0 Å². The number of carbonyl (C=O) groups is 2. The Hall–Kier alpha value is -3.19. The highest BCUT2D eigenvalue weighted by molar-refractivity contribution is 7.10. The van der Waals surface area contributed by atoms with Gasteiger partial charge in [-0.1, -0.05) is 17.7 Å². The normalized spacial score (nSPS) is 17.2. The summed E-state index contributed by atoms with van der Waals surface area (Å²) in [7, 11) is 0. The van der Waals surface area contributed by atoms with Gasteiger partial charge < -0.3 is 14.5 Å². The maximum atomic E-state index is 13.5. The zero-order valence-corrected chi connectivity index (χ0v) is 19.9. The van der Waals surface area contributed by atoms with Crippen LogP contribution in [0.2, 0.25) is 0 Å². The first-order valence-corrected chi connectivity index (χ1v) is 12.5. The predicted octanol–water partition coefficient (Wildman–Crippen LogP) is 5.01. The van der Waals surface area contributed by atoms with Crippen LogP contribution in [0.15, 0.2) is 60.0 Å². The van der Waals surface area contributed by atoms with Crippen LogP contribution >= 0.6 is 11.3 Å². The Morgan fingerprint density at radius 2 is 1.82 bits per heavy atom. The Labute approximate surface area is 202 Å². The van der Waals surface area contributed by atoms with E-state index < -0.39 is 0 Å². The maximum Gasteiger partial charge on any atom is 0.254 e. The van der Waals surface area contributed by atoms with Crippen molar-refractivity contribution in [1.82, 2.24) is 9.80 Å². The van der Waals surface area contributed by atoms with Gasteiger partial charge in [0, 0.05) is 23.0 Å². The summed E-state index contributed by atoms with van der Waals surface area (Å²) in [5, 5.41) is 2.06. The van der Waals surface area contributed by atoms with Crippen molar-refractivity contribution in [2.75, 3.05) is 19.7 Å². The minimum atomic E-state index is -0.387. The van der Waals surface area contributed by atoms with Crippen molar-refractivity contribution in [3.8, 4) is 5.75 Å². The summed E-state index contributed by atoms with van der Waals surface area (Å²) in [4.78, 5) is 31.5. The number of amides is 2. The lowest BCUT2D eigenvalue weighted by molar-refractivity contribution is -0.135. The molecule has 176 valence electrons. The first-order valence-electron chi connectivity index (χ1n) is 11.6. The molecule has 5 nitrogen and oxygen atoms in total. The van der Waals surface area contributed by atoms with E-state index in [1.165, 1.54) is 29.1 Å². The number of nitrogens with zero attached hydrogens (tertiary/aromatic N) is 2. The zero-order chi connectivity index (χ0) is 23.7. The summed E-state index contributed by atoms with van der Waals surface area (Å²) < 4.78 is 19.4. The van der Waals surface area contributed by atoms with Gasteiger partial charge in [-0.15, -0.1) is 11.3 Å². The lowest BCUT2D eigenvalue weighted by atomic mass is 10.0. The van der Waals surface area contributed by atoms with Crippen LogP contribution in [0.3, 0.4) is 0 Å². The highest BCUT2D eigenvalue weighted by Gasteiger charge is 2.38. The summed E-state index contributed by atoms with van der Waals surface area (Å²) in [5.74, 6) is 0.0709. The van der Waals surface area contributed by atoms with Crippen LogP contribution < -0.4 is 4.74 Å². The molecular weight excluding hydrogens is 451 g/mol. The first kappa shape index (κ1) is 22.6. The van der Waals surface area contributed by atoms with E-state index in [2.05, 4.69) is 11.4 Å². The molecule has 0 spiro atoms. The molecule has 1 fully saturated rings. The van der Waals surface area contributed by atoms with E-state index >= 15 is 0 Å². The van der Waals surface area contributed by atoms with Crippen molar-refractivity contribution < 1.29 is 18.7 Å². The molecular formula is C27H27FN2O3S. The third-order valence-electron chi connectivity index (χ3n) is 6.49. The van der Waals surface area contributed by atoms with Crippen LogP contribution in [0.5, 0.6) is 5.75 Å². The van der Waals surface area contributed by atoms with E-state index in [4.69, 9.17) is 4.74 Å².